The Kier molecular flexibility index (Phi) is 5.34. The molecule has 1 amide bonds. The molecule has 2 aromatic carbocycles. The summed E-state index contributed by atoms with van der Waals surface area (Å²) in [5, 5.41) is 3.66. The van der Waals surface area contributed by atoms with Gasteiger partial charge in [0.15, 0.2) is 6.61 Å². The van der Waals surface area contributed by atoms with Crippen LogP contribution in [0.3, 0.4) is 0 Å². The van der Waals surface area contributed by atoms with Gasteiger partial charge in [-0.05, 0) is 25.1 Å². The molecule has 0 bridgehead atoms. The average molecular weight is 345 g/mol. The molecule has 2 aromatic rings. The normalized spacial score (nSPS) is 10.3. The van der Waals surface area contributed by atoms with Crippen LogP contribution in [-0.2, 0) is 4.79 Å². The van der Waals surface area contributed by atoms with Crippen molar-refractivity contribution in [3.05, 3.63) is 57.0 Å². The standard InChI is InChI=1S/C15H12Cl3NO2/c1-9-2-4-10(5-3-9)19-15(20)8-21-14-7-12(17)11(16)6-13(14)18/h2-7H,8H2,1H3,(H,19,20). The van der Waals surface area contributed by atoms with Crippen molar-refractivity contribution in [2.75, 3.05) is 11.9 Å². The third-order valence-electron chi connectivity index (χ3n) is 2.67. The van der Waals surface area contributed by atoms with E-state index in [4.69, 9.17) is 39.5 Å². The minimum absolute atomic E-state index is 0.175. The van der Waals surface area contributed by atoms with Crippen LogP contribution in [0.5, 0.6) is 5.75 Å². The maximum absolute atomic E-state index is 11.8. The van der Waals surface area contributed by atoms with Gasteiger partial charge in [0.25, 0.3) is 5.91 Å². The molecule has 0 spiro atoms. The lowest BCUT2D eigenvalue weighted by Gasteiger charge is -2.10. The quantitative estimate of drug-likeness (QED) is 0.795. The number of hydrogen-bond acceptors (Lipinski definition) is 2. The van der Waals surface area contributed by atoms with Gasteiger partial charge in [0.05, 0.1) is 15.1 Å². The fourth-order valence-corrected chi connectivity index (χ4v) is 2.18. The summed E-state index contributed by atoms with van der Waals surface area (Å²) in [4.78, 5) is 11.8. The lowest BCUT2D eigenvalue weighted by molar-refractivity contribution is -0.118. The summed E-state index contributed by atoms with van der Waals surface area (Å²) in [6, 6.07) is 10.4. The maximum Gasteiger partial charge on any atom is 0.262 e. The zero-order valence-corrected chi connectivity index (χ0v) is 13.4. The highest BCUT2D eigenvalue weighted by Crippen LogP contribution is 2.33. The Balaban J connectivity index is 1.95. The van der Waals surface area contributed by atoms with Crippen molar-refractivity contribution in [3.63, 3.8) is 0 Å². The van der Waals surface area contributed by atoms with E-state index < -0.39 is 0 Å². The Labute approximate surface area is 137 Å². The van der Waals surface area contributed by atoms with Crippen molar-refractivity contribution < 1.29 is 9.53 Å². The number of anilines is 1. The topological polar surface area (TPSA) is 38.3 Å². The fourth-order valence-electron chi connectivity index (χ4n) is 1.59. The number of benzene rings is 2. The molecule has 110 valence electrons. The van der Waals surface area contributed by atoms with E-state index in [2.05, 4.69) is 5.32 Å². The number of amides is 1. The van der Waals surface area contributed by atoms with Crippen molar-refractivity contribution >= 4 is 46.4 Å². The zero-order valence-electron chi connectivity index (χ0n) is 11.1. The molecule has 0 heterocycles. The van der Waals surface area contributed by atoms with Crippen molar-refractivity contribution in [2.24, 2.45) is 0 Å². The zero-order chi connectivity index (χ0) is 15.4. The van der Waals surface area contributed by atoms with E-state index in [9.17, 15) is 4.79 Å². The van der Waals surface area contributed by atoms with E-state index in [1.807, 2.05) is 31.2 Å². The minimum atomic E-state index is -0.291. The molecule has 6 heteroatoms. The van der Waals surface area contributed by atoms with Gasteiger partial charge in [0, 0.05) is 11.8 Å². The summed E-state index contributed by atoms with van der Waals surface area (Å²) in [6.07, 6.45) is 0. The van der Waals surface area contributed by atoms with Gasteiger partial charge in [-0.25, -0.2) is 0 Å². The Bertz CT molecular complexity index is 657. The highest BCUT2D eigenvalue weighted by molar-refractivity contribution is 6.43. The van der Waals surface area contributed by atoms with Crippen molar-refractivity contribution in [1.29, 1.82) is 0 Å². The highest BCUT2D eigenvalue weighted by atomic mass is 35.5. The van der Waals surface area contributed by atoms with Crippen LogP contribution in [0.1, 0.15) is 5.56 Å². The Hall–Kier alpha value is -1.42. The lowest BCUT2D eigenvalue weighted by atomic mass is 10.2. The second-order valence-corrected chi connectivity index (χ2v) is 5.62. The number of aryl methyl sites for hydroxylation is 1. The van der Waals surface area contributed by atoms with Gasteiger partial charge in [-0.15, -0.1) is 0 Å². The molecule has 0 aliphatic rings. The second kappa shape index (κ2) is 7.03. The second-order valence-electron chi connectivity index (χ2n) is 4.40. The maximum atomic E-state index is 11.8. The van der Waals surface area contributed by atoms with Crippen LogP contribution in [0.15, 0.2) is 36.4 Å². The smallest absolute Gasteiger partial charge is 0.262 e. The first-order valence-electron chi connectivity index (χ1n) is 6.09. The third-order valence-corrected chi connectivity index (χ3v) is 3.69. The van der Waals surface area contributed by atoms with Gasteiger partial charge in [-0.3, -0.25) is 4.79 Å². The van der Waals surface area contributed by atoms with Gasteiger partial charge < -0.3 is 10.1 Å². The first-order chi connectivity index (χ1) is 9.95. The van der Waals surface area contributed by atoms with Crippen molar-refractivity contribution in [3.8, 4) is 5.75 Å². The number of carbonyl (C=O) groups is 1. The van der Waals surface area contributed by atoms with Gasteiger partial charge in [-0.2, -0.15) is 0 Å². The van der Waals surface area contributed by atoms with Crippen LogP contribution in [-0.4, -0.2) is 12.5 Å². The number of halogens is 3. The molecule has 0 saturated heterocycles. The highest BCUT2D eigenvalue weighted by Gasteiger charge is 2.09. The first-order valence-corrected chi connectivity index (χ1v) is 7.23. The van der Waals surface area contributed by atoms with E-state index in [1.165, 1.54) is 12.1 Å². The number of hydrogen-bond donors (Lipinski definition) is 1. The SMILES string of the molecule is Cc1ccc(NC(=O)COc2cc(Cl)c(Cl)cc2Cl)cc1. The summed E-state index contributed by atoms with van der Waals surface area (Å²) in [5.41, 5.74) is 1.82. The molecule has 0 saturated carbocycles. The van der Waals surface area contributed by atoms with Gasteiger partial charge in [-0.1, -0.05) is 52.5 Å². The van der Waals surface area contributed by atoms with E-state index in [0.717, 1.165) is 5.56 Å². The molecule has 21 heavy (non-hydrogen) atoms. The number of carbonyl (C=O) groups excluding carboxylic acids is 1. The summed E-state index contributed by atoms with van der Waals surface area (Å²) in [5.74, 6) is 0.0196. The lowest BCUT2D eigenvalue weighted by Crippen LogP contribution is -2.20. The third kappa shape index (κ3) is 4.53. The minimum Gasteiger partial charge on any atom is -0.482 e. The molecule has 0 aliphatic carbocycles. The summed E-state index contributed by atoms with van der Waals surface area (Å²) < 4.78 is 5.34. The Morgan fingerprint density at radius 2 is 1.67 bits per heavy atom. The molecule has 0 fully saturated rings. The van der Waals surface area contributed by atoms with Crippen LogP contribution >= 0.6 is 34.8 Å². The van der Waals surface area contributed by atoms with Crippen LogP contribution in [0, 0.1) is 6.92 Å². The number of nitrogens with one attached hydrogen (secondary N) is 1. The molecule has 0 unspecified atom stereocenters. The summed E-state index contributed by atoms with van der Waals surface area (Å²) in [7, 11) is 0. The van der Waals surface area contributed by atoms with E-state index in [-0.39, 0.29) is 12.5 Å². The van der Waals surface area contributed by atoms with E-state index >= 15 is 0 Å². The predicted octanol–water partition coefficient (Wildman–Crippen LogP) is 4.97. The molecular formula is C15H12Cl3NO2. The van der Waals surface area contributed by atoms with Crippen LogP contribution in [0.25, 0.3) is 0 Å². The monoisotopic (exact) mass is 343 g/mol. The molecule has 2 rings (SSSR count). The van der Waals surface area contributed by atoms with E-state index in [1.54, 1.807) is 0 Å². The van der Waals surface area contributed by atoms with Crippen LogP contribution in [0.4, 0.5) is 5.69 Å². The molecule has 0 radical (unpaired) electrons. The molecule has 0 atom stereocenters. The number of rotatable bonds is 4. The molecular weight excluding hydrogens is 333 g/mol. The largest absolute Gasteiger partial charge is 0.482 e. The summed E-state index contributed by atoms with van der Waals surface area (Å²) >= 11 is 17.7. The average Bonchev–Trinajstić information content (AvgIpc) is 2.44. The van der Waals surface area contributed by atoms with Crippen molar-refractivity contribution in [2.45, 2.75) is 6.92 Å². The molecule has 0 aromatic heterocycles. The Morgan fingerprint density at radius 1 is 1.05 bits per heavy atom. The predicted molar refractivity (Wildman–Crippen MR) is 86.8 cm³/mol. The fraction of sp³-hybridized carbons (Fsp3) is 0.133. The van der Waals surface area contributed by atoms with Crippen molar-refractivity contribution in [1.82, 2.24) is 0 Å². The Morgan fingerprint density at radius 3 is 2.33 bits per heavy atom. The van der Waals surface area contributed by atoms with Gasteiger partial charge in [0.2, 0.25) is 0 Å². The van der Waals surface area contributed by atoms with E-state index in [0.29, 0.717) is 26.5 Å². The summed E-state index contributed by atoms with van der Waals surface area (Å²) in [6.45, 7) is 1.80. The molecule has 3 nitrogen and oxygen atoms in total. The molecule has 0 aliphatic heterocycles. The first kappa shape index (κ1) is 16.0. The van der Waals surface area contributed by atoms with Gasteiger partial charge in [0.1, 0.15) is 5.75 Å². The molecule has 1 N–H and O–H groups in total. The van der Waals surface area contributed by atoms with Crippen LogP contribution in [0.2, 0.25) is 15.1 Å². The van der Waals surface area contributed by atoms with Gasteiger partial charge >= 0.3 is 0 Å². The van der Waals surface area contributed by atoms with Crippen LogP contribution < -0.4 is 10.1 Å². The number of ether oxygens (including phenoxy) is 1.